The maximum absolute atomic E-state index is 11.5. The Kier molecular flexibility index (Phi) is 45.8. The fourth-order valence-corrected chi connectivity index (χ4v) is 4.19. The first kappa shape index (κ1) is 51.8. The first-order valence-corrected chi connectivity index (χ1v) is 19.6. The van der Waals surface area contributed by atoms with Crippen LogP contribution in [0, 0.1) is 0 Å². The number of ether oxygens (including phenoxy) is 13. The molecule has 1 N–H and O–H groups in total. The van der Waals surface area contributed by atoms with Gasteiger partial charge in [0.2, 0.25) is 0 Å². The molecule has 0 amide bonds. The molecule has 0 aliphatic heterocycles. The van der Waals surface area contributed by atoms with Gasteiger partial charge < -0.3 is 66.7 Å². The van der Waals surface area contributed by atoms with Crippen LogP contribution < -0.4 is 0 Å². The van der Waals surface area contributed by atoms with E-state index < -0.39 is 5.97 Å². The number of carboxylic acid groups (broad SMARTS) is 1. The maximum atomic E-state index is 11.5. The zero-order valence-corrected chi connectivity index (χ0v) is 32.7. The molecule has 17 heteroatoms. The van der Waals surface area contributed by atoms with Crippen molar-refractivity contribution in [2.75, 3.05) is 171 Å². The van der Waals surface area contributed by atoms with Crippen molar-refractivity contribution in [3.63, 3.8) is 0 Å². The lowest BCUT2D eigenvalue weighted by atomic mass is 10.2. The number of rotatable bonds is 47. The fourth-order valence-electron chi connectivity index (χ4n) is 4.01. The van der Waals surface area contributed by atoms with Crippen LogP contribution in [0.2, 0.25) is 0 Å². The number of hydrogen-bond donors (Lipinski definition) is 1. The quantitative estimate of drug-likeness (QED) is 0.0540. The van der Waals surface area contributed by atoms with Gasteiger partial charge >= 0.3 is 11.9 Å². The van der Waals surface area contributed by atoms with Crippen LogP contribution in [0.15, 0.2) is 0 Å². The molecule has 0 bridgehead atoms. The molecule has 0 aromatic rings. The molecule has 0 aliphatic rings. The second kappa shape index (κ2) is 46.9. The molecule has 0 fully saturated rings. The standard InChI is InChI=1S/C36H69ClO16/c37-9-5-1-2-6-10-41-11-12-42-13-14-43-15-16-44-17-18-45-19-20-46-21-22-47-23-24-48-25-26-49-27-28-50-29-30-51-31-32-52-33-34-53-36(40)8-4-3-7-35(38)39/h1-34H2,(H,38,39). The minimum absolute atomic E-state index is 0.0587. The number of aliphatic carboxylic acids is 1. The topological polar surface area (TPSA) is 174 Å². The van der Waals surface area contributed by atoms with Gasteiger partial charge in [0.1, 0.15) is 6.61 Å². The summed E-state index contributed by atoms with van der Waals surface area (Å²) in [5.74, 6) is -0.475. The summed E-state index contributed by atoms with van der Waals surface area (Å²) in [4.78, 5) is 21.9. The van der Waals surface area contributed by atoms with E-state index in [1.165, 1.54) is 0 Å². The Balaban J connectivity index is 3.09. The molecule has 0 spiro atoms. The van der Waals surface area contributed by atoms with Gasteiger partial charge in [-0.2, -0.15) is 0 Å². The molecule has 16 nitrogen and oxygen atoms in total. The van der Waals surface area contributed by atoms with Gasteiger partial charge in [-0.05, 0) is 25.7 Å². The van der Waals surface area contributed by atoms with Crippen molar-refractivity contribution in [1.29, 1.82) is 0 Å². The average molecular weight is 793 g/mol. The number of carbonyl (C=O) groups is 2. The Morgan fingerprint density at radius 3 is 0.887 bits per heavy atom. The predicted octanol–water partition coefficient (Wildman–Crippen LogP) is 3.17. The summed E-state index contributed by atoms with van der Waals surface area (Å²) in [6.45, 7) is 12.0. The molecule has 0 aromatic heterocycles. The second-order valence-electron chi connectivity index (χ2n) is 11.3. The van der Waals surface area contributed by atoms with E-state index in [2.05, 4.69) is 0 Å². The molecular weight excluding hydrogens is 724 g/mol. The highest BCUT2D eigenvalue weighted by Crippen LogP contribution is 2.02. The normalized spacial score (nSPS) is 11.4. The summed E-state index contributed by atoms with van der Waals surface area (Å²) in [6, 6.07) is 0. The van der Waals surface area contributed by atoms with Crippen molar-refractivity contribution in [3.8, 4) is 0 Å². The molecular formula is C36H69ClO16. The van der Waals surface area contributed by atoms with Gasteiger partial charge in [-0.1, -0.05) is 12.8 Å². The predicted molar refractivity (Wildman–Crippen MR) is 196 cm³/mol. The van der Waals surface area contributed by atoms with E-state index in [1.54, 1.807) is 0 Å². The highest BCUT2D eigenvalue weighted by molar-refractivity contribution is 6.17. The van der Waals surface area contributed by atoms with Gasteiger partial charge in [-0.3, -0.25) is 9.59 Å². The van der Waals surface area contributed by atoms with Gasteiger partial charge in [0.25, 0.3) is 0 Å². The molecule has 0 unspecified atom stereocenters. The largest absolute Gasteiger partial charge is 0.481 e. The average Bonchev–Trinajstić information content (AvgIpc) is 3.15. The van der Waals surface area contributed by atoms with Crippen molar-refractivity contribution in [1.82, 2.24) is 0 Å². The monoisotopic (exact) mass is 792 g/mol. The smallest absolute Gasteiger partial charge is 0.305 e. The third kappa shape index (κ3) is 48.7. The third-order valence-corrected chi connectivity index (χ3v) is 7.04. The van der Waals surface area contributed by atoms with Gasteiger partial charge in [-0.25, -0.2) is 0 Å². The van der Waals surface area contributed by atoms with Crippen LogP contribution in [0.25, 0.3) is 0 Å². The van der Waals surface area contributed by atoms with Crippen LogP contribution in [-0.2, 0) is 71.2 Å². The van der Waals surface area contributed by atoms with Crippen LogP contribution in [0.5, 0.6) is 0 Å². The number of carboxylic acids is 1. The second-order valence-corrected chi connectivity index (χ2v) is 11.7. The van der Waals surface area contributed by atoms with Crippen molar-refractivity contribution in [3.05, 3.63) is 0 Å². The van der Waals surface area contributed by atoms with Crippen LogP contribution in [0.1, 0.15) is 51.4 Å². The van der Waals surface area contributed by atoms with Crippen LogP contribution in [0.3, 0.4) is 0 Å². The number of esters is 1. The molecule has 0 radical (unpaired) electrons. The highest BCUT2D eigenvalue weighted by Gasteiger charge is 2.04. The summed E-state index contributed by atoms with van der Waals surface area (Å²) in [6.07, 6.45) is 5.70. The van der Waals surface area contributed by atoms with Crippen molar-refractivity contribution in [2.45, 2.75) is 51.4 Å². The summed E-state index contributed by atoms with van der Waals surface area (Å²) >= 11 is 5.65. The first-order valence-electron chi connectivity index (χ1n) is 19.0. The Morgan fingerprint density at radius 2 is 0.585 bits per heavy atom. The molecule has 0 saturated heterocycles. The molecule has 0 atom stereocenters. The SMILES string of the molecule is O=C(O)CCCCC(=O)OCCOCCOCCOCCOCCOCCOCCOCCOCCOCCOCCOCCOCCCCCCCl. The molecule has 0 saturated carbocycles. The highest BCUT2D eigenvalue weighted by atomic mass is 35.5. The molecule has 0 heterocycles. The summed E-state index contributed by atoms with van der Waals surface area (Å²) in [5.41, 5.74) is 0. The first-order chi connectivity index (χ1) is 26.2. The van der Waals surface area contributed by atoms with E-state index in [4.69, 9.17) is 78.3 Å². The molecule has 0 aliphatic carbocycles. The number of alkyl halides is 1. The Labute approximate surface area is 321 Å². The molecule has 0 rings (SSSR count). The van der Waals surface area contributed by atoms with Gasteiger partial charge in [0, 0.05) is 25.3 Å². The van der Waals surface area contributed by atoms with E-state index in [-0.39, 0.29) is 32.0 Å². The maximum Gasteiger partial charge on any atom is 0.305 e. The Hall–Kier alpha value is -1.25. The van der Waals surface area contributed by atoms with Crippen LogP contribution >= 0.6 is 11.6 Å². The Bertz CT molecular complexity index is 740. The van der Waals surface area contributed by atoms with E-state index in [0.717, 1.165) is 38.2 Å². The minimum atomic E-state index is -0.864. The van der Waals surface area contributed by atoms with Gasteiger partial charge in [-0.15, -0.1) is 11.6 Å². The number of unbranched alkanes of at least 4 members (excludes halogenated alkanes) is 4. The number of halogens is 1. The van der Waals surface area contributed by atoms with E-state index in [0.29, 0.717) is 158 Å². The fraction of sp³-hybridized carbons (Fsp3) is 0.944. The van der Waals surface area contributed by atoms with Crippen molar-refractivity contribution >= 4 is 23.5 Å². The number of carbonyl (C=O) groups excluding carboxylic acids is 1. The molecule has 53 heavy (non-hydrogen) atoms. The van der Waals surface area contributed by atoms with Crippen LogP contribution in [0.4, 0.5) is 0 Å². The van der Waals surface area contributed by atoms with E-state index in [9.17, 15) is 9.59 Å². The number of hydrogen-bond acceptors (Lipinski definition) is 15. The Morgan fingerprint density at radius 1 is 0.321 bits per heavy atom. The minimum Gasteiger partial charge on any atom is -0.481 e. The molecule has 0 aromatic carbocycles. The van der Waals surface area contributed by atoms with E-state index >= 15 is 0 Å². The van der Waals surface area contributed by atoms with Gasteiger partial charge in [0.15, 0.2) is 0 Å². The summed E-state index contributed by atoms with van der Waals surface area (Å²) < 4.78 is 70.6. The van der Waals surface area contributed by atoms with Crippen molar-refractivity contribution in [2.24, 2.45) is 0 Å². The summed E-state index contributed by atoms with van der Waals surface area (Å²) in [7, 11) is 0. The lowest BCUT2D eigenvalue weighted by Gasteiger charge is -2.09. The zero-order chi connectivity index (χ0) is 38.4. The lowest BCUT2D eigenvalue weighted by molar-refractivity contribution is -0.146. The lowest BCUT2D eigenvalue weighted by Crippen LogP contribution is -2.15. The summed E-state index contributed by atoms with van der Waals surface area (Å²) in [5, 5.41) is 8.56. The third-order valence-electron chi connectivity index (χ3n) is 6.78. The molecule has 316 valence electrons. The van der Waals surface area contributed by atoms with Crippen LogP contribution in [-0.4, -0.2) is 188 Å². The van der Waals surface area contributed by atoms with Crippen molar-refractivity contribution < 1.29 is 76.3 Å². The van der Waals surface area contributed by atoms with Gasteiger partial charge in [0.05, 0.1) is 152 Å². The zero-order valence-electron chi connectivity index (χ0n) is 32.0. The van der Waals surface area contributed by atoms with E-state index in [1.807, 2.05) is 0 Å².